The molecular weight excluding hydrogens is 286 g/mol. The van der Waals surface area contributed by atoms with Gasteiger partial charge in [0.15, 0.2) is 11.4 Å². The van der Waals surface area contributed by atoms with E-state index in [0.29, 0.717) is 48.5 Å². The minimum Gasteiger partial charge on any atom is -0.422 e. The molecule has 4 rings (SSSR count). The van der Waals surface area contributed by atoms with Crippen molar-refractivity contribution in [1.82, 2.24) is 9.97 Å². The number of nitrogen functional groups attached to an aromatic ring is 1. The fourth-order valence-corrected chi connectivity index (χ4v) is 2.93. The van der Waals surface area contributed by atoms with Crippen molar-refractivity contribution in [2.24, 2.45) is 0 Å². The summed E-state index contributed by atoms with van der Waals surface area (Å²) in [6, 6.07) is 2.32. The molecule has 2 aromatic heterocycles. The summed E-state index contributed by atoms with van der Waals surface area (Å²) in [7, 11) is 0. The molecular formula is C14H19N5O3. The molecule has 22 heavy (non-hydrogen) atoms. The van der Waals surface area contributed by atoms with Crippen molar-refractivity contribution in [3.05, 3.63) is 6.07 Å². The third-order valence-corrected chi connectivity index (χ3v) is 4.12. The smallest absolute Gasteiger partial charge is 0.300 e. The van der Waals surface area contributed by atoms with E-state index in [1.54, 1.807) is 6.07 Å². The largest absolute Gasteiger partial charge is 0.422 e. The number of rotatable bonds is 2. The first kappa shape index (κ1) is 13.6. The predicted octanol–water partition coefficient (Wildman–Crippen LogP) is 0.213. The van der Waals surface area contributed by atoms with E-state index in [-0.39, 0.29) is 6.10 Å². The summed E-state index contributed by atoms with van der Waals surface area (Å²) in [5, 5.41) is 9.68. The van der Waals surface area contributed by atoms with Crippen molar-refractivity contribution < 1.29 is 14.3 Å². The van der Waals surface area contributed by atoms with Crippen LogP contribution in [-0.4, -0.2) is 60.6 Å². The van der Waals surface area contributed by atoms with Crippen LogP contribution < -0.4 is 15.5 Å². The monoisotopic (exact) mass is 305 g/mol. The first-order chi connectivity index (χ1) is 10.7. The second-order valence-electron chi connectivity index (χ2n) is 5.71. The van der Waals surface area contributed by atoms with Gasteiger partial charge in [0.1, 0.15) is 0 Å². The lowest BCUT2D eigenvalue weighted by Crippen LogP contribution is -2.36. The molecule has 2 saturated heterocycles. The Hall–Kier alpha value is -2.06. The SMILES string of the molecule is Nc1cc2oc(N3CCOCC3)nc2nc1N1CCC(O)C1. The number of hydrogen-bond donors (Lipinski definition) is 2. The van der Waals surface area contributed by atoms with Gasteiger partial charge in [-0.25, -0.2) is 4.98 Å². The van der Waals surface area contributed by atoms with Gasteiger partial charge in [0.05, 0.1) is 25.0 Å². The van der Waals surface area contributed by atoms with Crippen LogP contribution in [0.25, 0.3) is 11.2 Å². The maximum Gasteiger partial charge on any atom is 0.300 e. The number of ether oxygens (including phenoxy) is 1. The second-order valence-corrected chi connectivity index (χ2v) is 5.71. The van der Waals surface area contributed by atoms with Crippen molar-refractivity contribution in [3.63, 3.8) is 0 Å². The molecule has 8 nitrogen and oxygen atoms in total. The van der Waals surface area contributed by atoms with Crippen LogP contribution in [0.2, 0.25) is 0 Å². The number of morpholine rings is 1. The predicted molar refractivity (Wildman–Crippen MR) is 82.1 cm³/mol. The summed E-state index contributed by atoms with van der Waals surface area (Å²) in [6.07, 6.45) is 0.412. The molecule has 0 saturated carbocycles. The Morgan fingerprint density at radius 3 is 2.73 bits per heavy atom. The third-order valence-electron chi connectivity index (χ3n) is 4.12. The molecule has 0 aromatic carbocycles. The molecule has 3 N–H and O–H groups in total. The molecule has 0 bridgehead atoms. The quantitative estimate of drug-likeness (QED) is 0.812. The van der Waals surface area contributed by atoms with Crippen molar-refractivity contribution in [2.75, 3.05) is 54.9 Å². The van der Waals surface area contributed by atoms with Crippen LogP contribution in [-0.2, 0) is 4.74 Å². The Balaban J connectivity index is 1.67. The highest BCUT2D eigenvalue weighted by Gasteiger charge is 2.25. The number of hydrogen-bond acceptors (Lipinski definition) is 8. The number of aliphatic hydroxyl groups excluding tert-OH is 1. The Labute approximate surface area is 127 Å². The lowest BCUT2D eigenvalue weighted by Gasteiger charge is -2.24. The lowest BCUT2D eigenvalue weighted by atomic mass is 10.3. The normalized spacial score (nSPS) is 22.7. The highest BCUT2D eigenvalue weighted by atomic mass is 16.5. The molecule has 0 amide bonds. The minimum atomic E-state index is -0.321. The van der Waals surface area contributed by atoms with Crippen LogP contribution in [0.15, 0.2) is 10.5 Å². The average molecular weight is 305 g/mol. The first-order valence-corrected chi connectivity index (χ1v) is 7.53. The number of pyridine rings is 1. The van der Waals surface area contributed by atoms with Gasteiger partial charge < -0.3 is 29.8 Å². The van der Waals surface area contributed by atoms with E-state index in [9.17, 15) is 5.11 Å². The van der Waals surface area contributed by atoms with Crippen LogP contribution in [0.3, 0.4) is 0 Å². The molecule has 2 fully saturated rings. The number of β-amino-alcohol motifs (C(OH)–C–C–N with tert-alkyl or cyclic N) is 1. The van der Waals surface area contributed by atoms with Crippen LogP contribution in [0.5, 0.6) is 0 Å². The van der Waals surface area contributed by atoms with Crippen molar-refractivity contribution in [1.29, 1.82) is 0 Å². The molecule has 1 unspecified atom stereocenters. The molecule has 8 heteroatoms. The number of oxazole rings is 1. The number of nitrogens with zero attached hydrogens (tertiary/aromatic N) is 4. The van der Waals surface area contributed by atoms with Crippen LogP contribution in [0.1, 0.15) is 6.42 Å². The van der Waals surface area contributed by atoms with Gasteiger partial charge in [-0.1, -0.05) is 0 Å². The van der Waals surface area contributed by atoms with Crippen LogP contribution in [0.4, 0.5) is 17.5 Å². The van der Waals surface area contributed by atoms with Crippen LogP contribution >= 0.6 is 0 Å². The number of nitrogens with two attached hydrogens (primary N) is 1. The molecule has 2 aliphatic rings. The lowest BCUT2D eigenvalue weighted by molar-refractivity contribution is 0.120. The van der Waals surface area contributed by atoms with E-state index in [1.165, 1.54) is 0 Å². The molecule has 1 atom stereocenters. The zero-order valence-electron chi connectivity index (χ0n) is 12.2. The Morgan fingerprint density at radius 2 is 2.00 bits per heavy atom. The van der Waals surface area contributed by atoms with Gasteiger partial charge in [-0.15, -0.1) is 0 Å². The maximum absolute atomic E-state index is 9.68. The first-order valence-electron chi connectivity index (χ1n) is 7.53. The summed E-state index contributed by atoms with van der Waals surface area (Å²) < 4.78 is 11.1. The minimum absolute atomic E-state index is 0.321. The summed E-state index contributed by atoms with van der Waals surface area (Å²) in [4.78, 5) is 13.0. The fourth-order valence-electron chi connectivity index (χ4n) is 2.93. The topological polar surface area (TPSA) is 101 Å². The van der Waals surface area contributed by atoms with Gasteiger partial charge in [0.25, 0.3) is 6.01 Å². The third kappa shape index (κ3) is 2.34. The van der Waals surface area contributed by atoms with Gasteiger partial charge in [0, 0.05) is 32.2 Å². The number of aliphatic hydroxyl groups is 1. The number of anilines is 3. The second kappa shape index (κ2) is 5.29. The van der Waals surface area contributed by atoms with Crippen molar-refractivity contribution in [3.8, 4) is 0 Å². The highest BCUT2D eigenvalue weighted by Crippen LogP contribution is 2.30. The Morgan fingerprint density at radius 1 is 1.18 bits per heavy atom. The summed E-state index contributed by atoms with van der Waals surface area (Å²) in [6.45, 7) is 4.16. The van der Waals surface area contributed by atoms with Gasteiger partial charge in [-0.3, -0.25) is 0 Å². The molecule has 2 aromatic rings. The molecule has 2 aliphatic heterocycles. The van der Waals surface area contributed by atoms with Crippen molar-refractivity contribution in [2.45, 2.75) is 12.5 Å². The molecule has 0 spiro atoms. The average Bonchev–Trinajstić information content (AvgIpc) is 3.13. The summed E-state index contributed by atoms with van der Waals surface area (Å²) >= 11 is 0. The standard InChI is InChI=1S/C14H19N5O3/c15-10-7-11-12(16-13(10)19-2-1-9(20)8-19)17-14(22-11)18-3-5-21-6-4-18/h7,9,20H,1-6,8,15H2. The highest BCUT2D eigenvalue weighted by molar-refractivity contribution is 5.80. The summed E-state index contributed by atoms with van der Waals surface area (Å²) in [5.74, 6) is 0.672. The molecule has 4 heterocycles. The molecule has 0 radical (unpaired) electrons. The number of fused-ring (bicyclic) bond motifs is 1. The van der Waals surface area contributed by atoms with E-state index in [1.807, 2.05) is 9.80 Å². The van der Waals surface area contributed by atoms with E-state index in [0.717, 1.165) is 26.1 Å². The zero-order chi connectivity index (χ0) is 15.1. The number of aromatic nitrogens is 2. The van der Waals surface area contributed by atoms with Gasteiger partial charge >= 0.3 is 0 Å². The van der Waals surface area contributed by atoms with Crippen LogP contribution in [0, 0.1) is 0 Å². The Bertz CT molecular complexity index is 682. The van der Waals surface area contributed by atoms with Gasteiger partial charge in [0.2, 0.25) is 5.65 Å². The summed E-state index contributed by atoms with van der Waals surface area (Å²) in [5.41, 5.74) is 7.77. The van der Waals surface area contributed by atoms with E-state index >= 15 is 0 Å². The Kier molecular flexibility index (Phi) is 3.27. The van der Waals surface area contributed by atoms with Gasteiger partial charge in [-0.2, -0.15) is 4.98 Å². The fraction of sp³-hybridized carbons (Fsp3) is 0.571. The molecule has 118 valence electrons. The van der Waals surface area contributed by atoms with Gasteiger partial charge in [-0.05, 0) is 6.42 Å². The molecule has 0 aliphatic carbocycles. The van der Waals surface area contributed by atoms with Crippen molar-refractivity contribution >= 4 is 28.8 Å². The maximum atomic E-state index is 9.68. The van der Waals surface area contributed by atoms with E-state index in [2.05, 4.69) is 9.97 Å². The van der Waals surface area contributed by atoms with E-state index < -0.39 is 0 Å². The van der Waals surface area contributed by atoms with E-state index in [4.69, 9.17) is 14.9 Å². The zero-order valence-corrected chi connectivity index (χ0v) is 12.2.